The van der Waals surface area contributed by atoms with Crippen molar-refractivity contribution in [3.63, 3.8) is 0 Å². The number of carbonyl (C=O) groups is 1. The summed E-state index contributed by atoms with van der Waals surface area (Å²) in [6.45, 7) is 0. The number of nitrogens with one attached hydrogen (secondary N) is 1. The molecule has 0 saturated heterocycles. The van der Waals surface area contributed by atoms with Crippen molar-refractivity contribution in [3.8, 4) is 0 Å². The fourth-order valence-corrected chi connectivity index (χ4v) is 3.76. The Morgan fingerprint density at radius 2 is 2.05 bits per heavy atom. The highest BCUT2D eigenvalue weighted by atomic mass is 32.1. The van der Waals surface area contributed by atoms with Crippen molar-refractivity contribution in [2.45, 2.75) is 38.1 Å². The molecule has 2 aromatic rings. The van der Waals surface area contributed by atoms with Crippen molar-refractivity contribution < 1.29 is 9.90 Å². The van der Waals surface area contributed by atoms with Crippen molar-refractivity contribution in [1.82, 2.24) is 4.37 Å². The average Bonchev–Trinajstić information content (AvgIpc) is 2.69. The van der Waals surface area contributed by atoms with Crippen LogP contribution in [0.3, 0.4) is 0 Å². The Kier molecular flexibility index (Phi) is 3.87. The number of rotatable bonds is 3. The van der Waals surface area contributed by atoms with Crippen LogP contribution in [0.2, 0.25) is 0 Å². The van der Waals surface area contributed by atoms with Gasteiger partial charge in [0.2, 0.25) is 0 Å². The fourth-order valence-electron chi connectivity index (χ4n) is 2.94. The molecule has 1 fully saturated rings. The van der Waals surface area contributed by atoms with E-state index in [1.165, 1.54) is 11.5 Å². The number of fused-ring (bicyclic) bond motifs is 1. The predicted molar refractivity (Wildman–Crippen MR) is 81.2 cm³/mol. The maximum Gasteiger partial charge on any atom is 0.308 e. The van der Waals surface area contributed by atoms with Crippen LogP contribution in [0.1, 0.15) is 32.1 Å². The van der Waals surface area contributed by atoms with E-state index in [1.807, 2.05) is 24.3 Å². The highest BCUT2D eigenvalue weighted by Gasteiger charge is 2.30. The van der Waals surface area contributed by atoms with Gasteiger partial charge in [0.1, 0.15) is 5.00 Å². The number of anilines is 1. The molecule has 0 radical (unpaired) electrons. The predicted octanol–water partition coefficient (Wildman–Crippen LogP) is 3.74. The number of hydrogen-bond acceptors (Lipinski definition) is 4. The topological polar surface area (TPSA) is 62.2 Å². The molecule has 5 heteroatoms. The van der Waals surface area contributed by atoms with Gasteiger partial charge in [-0.25, -0.2) is 0 Å². The molecule has 1 aromatic heterocycles. The second kappa shape index (κ2) is 5.79. The van der Waals surface area contributed by atoms with Gasteiger partial charge in [-0.15, -0.1) is 0 Å². The first-order valence-electron chi connectivity index (χ1n) is 7.09. The molecule has 0 bridgehead atoms. The minimum atomic E-state index is -0.682. The number of benzene rings is 1. The van der Waals surface area contributed by atoms with Gasteiger partial charge in [0.25, 0.3) is 0 Å². The molecular weight excluding hydrogens is 272 g/mol. The van der Waals surface area contributed by atoms with Crippen LogP contribution >= 0.6 is 11.5 Å². The summed E-state index contributed by atoms with van der Waals surface area (Å²) >= 11 is 1.42. The zero-order chi connectivity index (χ0) is 13.9. The zero-order valence-electron chi connectivity index (χ0n) is 11.2. The van der Waals surface area contributed by atoms with Crippen LogP contribution in [0.25, 0.3) is 10.9 Å². The van der Waals surface area contributed by atoms with Crippen LogP contribution in [-0.2, 0) is 4.79 Å². The van der Waals surface area contributed by atoms with Crippen molar-refractivity contribution in [1.29, 1.82) is 0 Å². The van der Waals surface area contributed by atoms with E-state index in [2.05, 4.69) is 9.69 Å². The molecule has 1 aliphatic carbocycles. The Morgan fingerprint density at radius 3 is 2.90 bits per heavy atom. The summed E-state index contributed by atoms with van der Waals surface area (Å²) < 4.78 is 4.41. The molecule has 3 rings (SSSR count). The van der Waals surface area contributed by atoms with E-state index in [4.69, 9.17) is 0 Å². The molecule has 0 spiro atoms. The standard InChI is InChI=1S/C15H18N2O2S/c18-15(19)11-7-2-1-3-8-12(11)16-14-10-6-4-5-9-13(10)17-20-14/h4-6,9,11-12,16H,1-3,7-8H2,(H,18,19). The smallest absolute Gasteiger partial charge is 0.308 e. The number of aliphatic carboxylic acids is 1. The van der Waals surface area contributed by atoms with Crippen LogP contribution < -0.4 is 5.32 Å². The summed E-state index contributed by atoms with van der Waals surface area (Å²) in [5.41, 5.74) is 0.973. The first-order chi connectivity index (χ1) is 9.75. The number of carboxylic acids is 1. The third-order valence-electron chi connectivity index (χ3n) is 4.03. The van der Waals surface area contributed by atoms with Crippen LogP contribution in [-0.4, -0.2) is 21.5 Å². The zero-order valence-corrected chi connectivity index (χ0v) is 12.0. The molecular formula is C15H18N2O2S. The quantitative estimate of drug-likeness (QED) is 0.845. The summed E-state index contributed by atoms with van der Waals surface area (Å²) in [5, 5.41) is 15.0. The Morgan fingerprint density at radius 1 is 1.25 bits per heavy atom. The van der Waals surface area contributed by atoms with Gasteiger partial charge in [-0.3, -0.25) is 4.79 Å². The molecule has 2 unspecified atom stereocenters. The summed E-state index contributed by atoms with van der Waals surface area (Å²) in [7, 11) is 0. The average molecular weight is 290 g/mol. The summed E-state index contributed by atoms with van der Waals surface area (Å²) in [6.07, 6.45) is 4.93. The Labute approximate surface area is 122 Å². The van der Waals surface area contributed by atoms with Gasteiger partial charge >= 0.3 is 5.97 Å². The van der Waals surface area contributed by atoms with Crippen LogP contribution in [0.15, 0.2) is 24.3 Å². The number of hydrogen-bond donors (Lipinski definition) is 2. The molecule has 1 heterocycles. The van der Waals surface area contributed by atoms with Gasteiger partial charge in [-0.1, -0.05) is 31.4 Å². The Bertz CT molecular complexity index is 611. The summed E-state index contributed by atoms with van der Waals surface area (Å²) in [4.78, 5) is 11.5. The number of carboxylic acid groups (broad SMARTS) is 1. The van der Waals surface area contributed by atoms with Gasteiger partial charge < -0.3 is 10.4 Å². The van der Waals surface area contributed by atoms with Crippen LogP contribution in [0.4, 0.5) is 5.00 Å². The van der Waals surface area contributed by atoms with Gasteiger partial charge in [0, 0.05) is 11.4 Å². The molecule has 1 aliphatic rings. The first-order valence-corrected chi connectivity index (χ1v) is 7.87. The third kappa shape index (κ3) is 2.63. The Hall–Kier alpha value is -1.62. The second-order valence-electron chi connectivity index (χ2n) is 5.36. The molecule has 106 valence electrons. The lowest BCUT2D eigenvalue weighted by Crippen LogP contribution is -2.33. The van der Waals surface area contributed by atoms with Gasteiger partial charge in [0.05, 0.1) is 11.4 Å². The first kappa shape index (κ1) is 13.4. The van der Waals surface area contributed by atoms with E-state index in [0.29, 0.717) is 0 Å². The maximum atomic E-state index is 11.5. The fraction of sp³-hybridized carbons (Fsp3) is 0.467. The third-order valence-corrected chi connectivity index (χ3v) is 4.84. The minimum absolute atomic E-state index is 0.0128. The van der Waals surface area contributed by atoms with Crippen molar-refractivity contribution in [3.05, 3.63) is 24.3 Å². The molecule has 4 nitrogen and oxygen atoms in total. The summed E-state index contributed by atoms with van der Waals surface area (Å²) in [5.74, 6) is -0.975. The van der Waals surface area contributed by atoms with Crippen molar-refractivity contribution >= 4 is 33.4 Å². The minimum Gasteiger partial charge on any atom is -0.481 e. The molecule has 2 atom stereocenters. The van der Waals surface area contributed by atoms with E-state index >= 15 is 0 Å². The SMILES string of the molecule is O=C(O)C1CCCCCC1Nc1snc2ccccc12. The van der Waals surface area contributed by atoms with Gasteiger partial charge in [-0.05, 0) is 36.5 Å². The van der Waals surface area contributed by atoms with Gasteiger partial charge in [-0.2, -0.15) is 4.37 Å². The van der Waals surface area contributed by atoms with Gasteiger partial charge in [0.15, 0.2) is 0 Å². The maximum absolute atomic E-state index is 11.5. The highest BCUT2D eigenvalue weighted by Crippen LogP contribution is 2.32. The molecule has 0 aliphatic heterocycles. The monoisotopic (exact) mass is 290 g/mol. The number of aromatic nitrogens is 1. The van der Waals surface area contributed by atoms with Crippen molar-refractivity contribution in [2.75, 3.05) is 5.32 Å². The lowest BCUT2D eigenvalue weighted by molar-refractivity contribution is -0.142. The molecule has 1 saturated carbocycles. The van der Waals surface area contributed by atoms with E-state index in [-0.39, 0.29) is 12.0 Å². The van der Waals surface area contributed by atoms with Crippen LogP contribution in [0, 0.1) is 5.92 Å². The lowest BCUT2D eigenvalue weighted by atomic mass is 9.95. The molecule has 1 aromatic carbocycles. The van der Waals surface area contributed by atoms with E-state index in [1.54, 1.807) is 0 Å². The highest BCUT2D eigenvalue weighted by molar-refractivity contribution is 7.11. The number of nitrogens with zero attached hydrogens (tertiary/aromatic N) is 1. The van der Waals surface area contributed by atoms with E-state index < -0.39 is 5.97 Å². The second-order valence-corrected chi connectivity index (χ2v) is 6.14. The normalized spacial score (nSPS) is 23.4. The molecule has 20 heavy (non-hydrogen) atoms. The van der Waals surface area contributed by atoms with Crippen molar-refractivity contribution in [2.24, 2.45) is 5.92 Å². The molecule has 0 amide bonds. The summed E-state index contributed by atoms with van der Waals surface area (Å²) in [6, 6.07) is 7.99. The lowest BCUT2D eigenvalue weighted by Gasteiger charge is -2.23. The Balaban J connectivity index is 1.85. The van der Waals surface area contributed by atoms with Crippen LogP contribution in [0.5, 0.6) is 0 Å². The largest absolute Gasteiger partial charge is 0.481 e. The van der Waals surface area contributed by atoms with E-state index in [9.17, 15) is 9.90 Å². The molecule has 2 N–H and O–H groups in total. The van der Waals surface area contributed by atoms with E-state index in [0.717, 1.165) is 48.0 Å².